The number of hydrogen-bond donors (Lipinski definition) is 2. The standard InChI is InChI=1S/C9H13ClN2O3S2/c1-12(6-4-11-5-7(6)13)17(14,15)9-3-2-8(10)16-9/h2-3,6-7,11,13H,4-5H2,1H3/t6-,7-/m0/s1. The number of hydrogen-bond acceptors (Lipinski definition) is 5. The van der Waals surface area contributed by atoms with E-state index in [-0.39, 0.29) is 4.21 Å². The summed E-state index contributed by atoms with van der Waals surface area (Å²) in [5.41, 5.74) is 0. The van der Waals surface area contributed by atoms with Gasteiger partial charge in [0.2, 0.25) is 0 Å². The number of nitrogens with one attached hydrogen (secondary N) is 1. The van der Waals surface area contributed by atoms with Gasteiger partial charge in [0.25, 0.3) is 10.0 Å². The first-order chi connectivity index (χ1) is 7.93. The lowest BCUT2D eigenvalue weighted by atomic mass is 10.2. The minimum absolute atomic E-state index is 0.198. The molecule has 0 aliphatic carbocycles. The van der Waals surface area contributed by atoms with Crippen LogP contribution in [0, 0.1) is 0 Å². The average Bonchev–Trinajstić information content (AvgIpc) is 2.86. The highest BCUT2D eigenvalue weighted by Gasteiger charge is 2.36. The maximum Gasteiger partial charge on any atom is 0.252 e. The summed E-state index contributed by atoms with van der Waals surface area (Å²) < 4.78 is 26.3. The zero-order chi connectivity index (χ0) is 12.6. The van der Waals surface area contributed by atoms with E-state index in [0.717, 1.165) is 11.3 Å². The fourth-order valence-corrected chi connectivity index (χ4v) is 4.83. The highest BCUT2D eigenvalue weighted by molar-refractivity contribution is 7.91. The molecular formula is C9H13ClN2O3S2. The minimum Gasteiger partial charge on any atom is -0.390 e. The van der Waals surface area contributed by atoms with Gasteiger partial charge in [-0.15, -0.1) is 11.3 Å². The van der Waals surface area contributed by atoms with E-state index in [9.17, 15) is 13.5 Å². The van der Waals surface area contributed by atoms with Crippen molar-refractivity contribution in [2.24, 2.45) is 0 Å². The van der Waals surface area contributed by atoms with Crippen LogP contribution in [0.1, 0.15) is 0 Å². The van der Waals surface area contributed by atoms with E-state index >= 15 is 0 Å². The molecule has 2 heterocycles. The highest BCUT2D eigenvalue weighted by atomic mass is 35.5. The lowest BCUT2D eigenvalue weighted by molar-refractivity contribution is 0.136. The van der Waals surface area contributed by atoms with E-state index in [1.807, 2.05) is 0 Å². The summed E-state index contributed by atoms with van der Waals surface area (Å²) in [6, 6.07) is 2.60. The predicted octanol–water partition coefficient (Wildman–Crippen LogP) is 0.355. The second-order valence-corrected chi connectivity index (χ2v) is 7.81. The number of β-amino-alcohol motifs (C(OH)–C–C–N with tert-alkyl or cyclic N) is 1. The fourth-order valence-electron chi connectivity index (χ4n) is 1.78. The van der Waals surface area contributed by atoms with Gasteiger partial charge in [0.15, 0.2) is 0 Å². The van der Waals surface area contributed by atoms with Crippen LogP contribution in [0.25, 0.3) is 0 Å². The third-order valence-corrected chi connectivity index (χ3v) is 6.38. The van der Waals surface area contributed by atoms with Crippen molar-refractivity contribution in [2.75, 3.05) is 20.1 Å². The maximum absolute atomic E-state index is 12.2. The van der Waals surface area contributed by atoms with Crippen molar-refractivity contribution in [2.45, 2.75) is 16.4 Å². The van der Waals surface area contributed by atoms with Crippen LogP contribution in [0.3, 0.4) is 0 Å². The monoisotopic (exact) mass is 296 g/mol. The van der Waals surface area contributed by atoms with Gasteiger partial charge in [-0.05, 0) is 12.1 Å². The maximum atomic E-state index is 12.2. The molecule has 0 spiro atoms. The second-order valence-electron chi connectivity index (χ2n) is 3.87. The van der Waals surface area contributed by atoms with Crippen molar-refractivity contribution in [3.05, 3.63) is 16.5 Å². The summed E-state index contributed by atoms with van der Waals surface area (Å²) in [5, 5.41) is 12.6. The lowest BCUT2D eigenvalue weighted by Gasteiger charge is -2.24. The summed E-state index contributed by atoms with van der Waals surface area (Å²) in [5.74, 6) is 0. The van der Waals surface area contributed by atoms with E-state index in [1.165, 1.54) is 17.4 Å². The van der Waals surface area contributed by atoms with Crippen molar-refractivity contribution >= 4 is 33.0 Å². The summed E-state index contributed by atoms with van der Waals surface area (Å²) >= 11 is 6.75. The quantitative estimate of drug-likeness (QED) is 0.845. The largest absolute Gasteiger partial charge is 0.390 e. The highest BCUT2D eigenvalue weighted by Crippen LogP contribution is 2.29. The number of rotatable bonds is 3. The van der Waals surface area contributed by atoms with Crippen molar-refractivity contribution < 1.29 is 13.5 Å². The van der Waals surface area contributed by atoms with E-state index in [2.05, 4.69) is 5.32 Å². The normalized spacial score (nSPS) is 25.6. The van der Waals surface area contributed by atoms with Crippen molar-refractivity contribution in [1.29, 1.82) is 0 Å². The molecule has 2 N–H and O–H groups in total. The number of thiophene rings is 1. The Bertz CT molecular complexity index is 502. The Kier molecular flexibility index (Phi) is 3.77. The smallest absolute Gasteiger partial charge is 0.252 e. The van der Waals surface area contributed by atoms with E-state index < -0.39 is 22.2 Å². The van der Waals surface area contributed by atoms with Crippen LogP contribution in [0.5, 0.6) is 0 Å². The molecule has 1 aliphatic rings. The van der Waals surface area contributed by atoms with Gasteiger partial charge in [-0.3, -0.25) is 0 Å². The second kappa shape index (κ2) is 4.83. The molecule has 2 atom stereocenters. The molecule has 0 unspecified atom stereocenters. The number of likely N-dealkylation sites (N-methyl/N-ethyl adjacent to an activating group) is 1. The van der Waals surface area contributed by atoms with E-state index in [4.69, 9.17) is 11.6 Å². The van der Waals surface area contributed by atoms with Gasteiger partial charge in [-0.2, -0.15) is 4.31 Å². The lowest BCUT2D eigenvalue weighted by Crippen LogP contribution is -2.43. The number of aliphatic hydroxyl groups is 1. The SMILES string of the molecule is CN([C@H]1CNC[C@@H]1O)S(=O)(=O)c1ccc(Cl)s1. The fraction of sp³-hybridized carbons (Fsp3) is 0.556. The van der Waals surface area contributed by atoms with Crippen LogP contribution < -0.4 is 5.32 Å². The van der Waals surface area contributed by atoms with Crippen LogP contribution in [0.4, 0.5) is 0 Å². The van der Waals surface area contributed by atoms with Gasteiger partial charge in [0.05, 0.1) is 16.5 Å². The number of nitrogens with zero attached hydrogens (tertiary/aromatic N) is 1. The minimum atomic E-state index is -3.57. The Morgan fingerprint density at radius 3 is 2.71 bits per heavy atom. The average molecular weight is 297 g/mol. The van der Waals surface area contributed by atoms with Gasteiger partial charge in [0.1, 0.15) is 4.21 Å². The van der Waals surface area contributed by atoms with E-state index in [0.29, 0.717) is 17.4 Å². The molecule has 0 bridgehead atoms. The third-order valence-electron chi connectivity index (χ3n) is 2.80. The Morgan fingerprint density at radius 1 is 1.53 bits per heavy atom. The molecule has 96 valence electrons. The van der Waals surface area contributed by atoms with Crippen LogP contribution in [0.15, 0.2) is 16.3 Å². The van der Waals surface area contributed by atoms with E-state index in [1.54, 1.807) is 6.07 Å². The predicted molar refractivity (Wildman–Crippen MR) is 66.9 cm³/mol. The third kappa shape index (κ3) is 2.49. The van der Waals surface area contributed by atoms with Gasteiger partial charge < -0.3 is 10.4 Å². The van der Waals surface area contributed by atoms with Gasteiger partial charge >= 0.3 is 0 Å². The molecule has 0 saturated carbocycles. The number of aliphatic hydroxyl groups excluding tert-OH is 1. The topological polar surface area (TPSA) is 69.6 Å². The number of sulfonamides is 1. The summed E-state index contributed by atoms with van der Waals surface area (Å²) in [6.45, 7) is 0.867. The van der Waals surface area contributed by atoms with Crippen molar-refractivity contribution in [3.8, 4) is 0 Å². The van der Waals surface area contributed by atoms with Crippen molar-refractivity contribution in [3.63, 3.8) is 0 Å². The van der Waals surface area contributed by atoms with Gasteiger partial charge in [-0.1, -0.05) is 11.6 Å². The zero-order valence-electron chi connectivity index (χ0n) is 9.13. The summed E-state index contributed by atoms with van der Waals surface area (Å²) in [7, 11) is -2.09. The molecule has 1 fully saturated rings. The molecule has 17 heavy (non-hydrogen) atoms. The molecule has 8 heteroatoms. The molecule has 0 amide bonds. The van der Waals surface area contributed by atoms with Crippen LogP contribution >= 0.6 is 22.9 Å². The first-order valence-corrected chi connectivity index (χ1v) is 7.68. The molecule has 1 aromatic rings. The van der Waals surface area contributed by atoms with Gasteiger partial charge in [-0.25, -0.2) is 8.42 Å². The Labute approximate surface area is 109 Å². The number of halogens is 1. The molecule has 2 rings (SSSR count). The van der Waals surface area contributed by atoms with Crippen LogP contribution in [0.2, 0.25) is 4.34 Å². The Morgan fingerprint density at radius 2 is 2.24 bits per heavy atom. The van der Waals surface area contributed by atoms with Crippen LogP contribution in [-0.2, 0) is 10.0 Å². The zero-order valence-corrected chi connectivity index (χ0v) is 11.5. The Hall–Kier alpha value is -0.180. The molecule has 1 saturated heterocycles. The molecule has 0 radical (unpaired) electrons. The summed E-state index contributed by atoms with van der Waals surface area (Å²) in [6.07, 6.45) is -0.676. The first kappa shape index (κ1) is 13.3. The molecule has 5 nitrogen and oxygen atoms in total. The van der Waals surface area contributed by atoms with Crippen molar-refractivity contribution in [1.82, 2.24) is 9.62 Å². The molecule has 1 aliphatic heterocycles. The Balaban J connectivity index is 2.26. The van der Waals surface area contributed by atoms with Crippen LogP contribution in [-0.4, -0.2) is 50.1 Å². The molecular weight excluding hydrogens is 284 g/mol. The first-order valence-electron chi connectivity index (χ1n) is 5.05. The molecule has 0 aromatic carbocycles. The molecule has 1 aromatic heterocycles. The summed E-state index contributed by atoms with van der Waals surface area (Å²) in [4.78, 5) is 0. The van der Waals surface area contributed by atoms with Gasteiger partial charge in [0, 0.05) is 20.1 Å².